The maximum Gasteiger partial charge on any atom is 0.157 e. The van der Waals surface area contributed by atoms with Crippen molar-refractivity contribution < 1.29 is 4.74 Å². The van der Waals surface area contributed by atoms with E-state index >= 15 is 0 Å². The average Bonchev–Trinajstić information content (AvgIpc) is 2.94. The van der Waals surface area contributed by atoms with Crippen molar-refractivity contribution in [2.24, 2.45) is 5.73 Å². The van der Waals surface area contributed by atoms with Crippen LogP contribution in [-0.2, 0) is 0 Å². The van der Waals surface area contributed by atoms with Crippen LogP contribution >= 0.6 is 0 Å². The van der Waals surface area contributed by atoms with Crippen LogP contribution in [0.4, 0.5) is 11.5 Å². The summed E-state index contributed by atoms with van der Waals surface area (Å²) in [6, 6.07) is 11.7. The Hall–Kier alpha value is -2.60. The Morgan fingerprint density at radius 1 is 1.29 bits per heavy atom. The molecule has 0 fully saturated rings. The van der Waals surface area contributed by atoms with E-state index in [9.17, 15) is 0 Å². The van der Waals surface area contributed by atoms with Crippen molar-refractivity contribution in [2.75, 3.05) is 18.5 Å². The Morgan fingerprint density at radius 3 is 3.05 bits per heavy atom. The number of pyridine rings is 1. The summed E-state index contributed by atoms with van der Waals surface area (Å²) in [7, 11) is 0. The third-order valence-corrected chi connectivity index (χ3v) is 3.02. The van der Waals surface area contributed by atoms with Gasteiger partial charge in [-0.3, -0.25) is 0 Å². The Bertz CT molecular complexity index is 753. The molecule has 0 spiro atoms. The van der Waals surface area contributed by atoms with Crippen molar-refractivity contribution >= 4 is 17.2 Å². The van der Waals surface area contributed by atoms with Crippen molar-refractivity contribution in [3.8, 4) is 5.75 Å². The molecule has 3 rings (SSSR count). The minimum atomic E-state index is 0.495. The fourth-order valence-corrected chi connectivity index (χ4v) is 2.13. The minimum Gasteiger partial charge on any atom is -0.492 e. The fraction of sp³-hybridized carbons (Fsp3) is 0.200. The molecule has 0 aliphatic heterocycles. The Labute approximate surface area is 122 Å². The molecule has 0 amide bonds. The molecule has 0 radical (unpaired) electrons. The summed E-state index contributed by atoms with van der Waals surface area (Å²) >= 11 is 0. The second kappa shape index (κ2) is 5.80. The van der Waals surface area contributed by atoms with Crippen LogP contribution < -0.4 is 15.8 Å². The monoisotopic (exact) mass is 283 g/mol. The zero-order valence-electron chi connectivity index (χ0n) is 11.8. The van der Waals surface area contributed by atoms with E-state index in [0.717, 1.165) is 28.5 Å². The fourth-order valence-electron chi connectivity index (χ4n) is 2.13. The van der Waals surface area contributed by atoms with E-state index in [1.165, 1.54) is 0 Å². The van der Waals surface area contributed by atoms with Crippen molar-refractivity contribution in [1.29, 1.82) is 0 Å². The molecule has 0 aliphatic rings. The molecule has 1 aromatic carbocycles. The number of aryl methyl sites for hydroxylation is 1. The molecule has 0 saturated carbocycles. The number of fused-ring (bicyclic) bond motifs is 1. The molecule has 0 aliphatic carbocycles. The Balaban J connectivity index is 1.89. The lowest BCUT2D eigenvalue weighted by molar-refractivity contribution is 0.328. The largest absolute Gasteiger partial charge is 0.492 e. The number of aromatic nitrogens is 3. The number of nitrogens with two attached hydrogens (primary N) is 1. The number of benzene rings is 1. The van der Waals surface area contributed by atoms with Gasteiger partial charge in [0.2, 0.25) is 0 Å². The molecule has 0 bridgehead atoms. The van der Waals surface area contributed by atoms with Gasteiger partial charge in [0, 0.05) is 18.3 Å². The molecule has 2 heterocycles. The number of anilines is 2. The van der Waals surface area contributed by atoms with E-state index in [2.05, 4.69) is 15.4 Å². The lowest BCUT2D eigenvalue weighted by Crippen LogP contribution is -2.10. The van der Waals surface area contributed by atoms with Gasteiger partial charge in [-0.15, -0.1) is 0 Å². The summed E-state index contributed by atoms with van der Waals surface area (Å²) in [5.74, 6) is 1.64. The quantitative estimate of drug-likeness (QED) is 0.750. The second-order valence-corrected chi connectivity index (χ2v) is 4.74. The third-order valence-electron chi connectivity index (χ3n) is 3.02. The molecule has 0 saturated heterocycles. The standard InChI is InChI=1S/C15H17N5O/c1-11-7-14-17-10-18-20(14)15(8-11)19-12-3-2-4-13(9-12)21-6-5-16/h2-4,7-10,19H,5-6,16H2,1H3. The highest BCUT2D eigenvalue weighted by atomic mass is 16.5. The van der Waals surface area contributed by atoms with E-state index in [1.807, 2.05) is 43.3 Å². The molecular formula is C15H17N5O. The van der Waals surface area contributed by atoms with E-state index < -0.39 is 0 Å². The lowest BCUT2D eigenvalue weighted by atomic mass is 10.2. The topological polar surface area (TPSA) is 77.5 Å². The molecular weight excluding hydrogens is 266 g/mol. The van der Waals surface area contributed by atoms with E-state index in [1.54, 1.807) is 10.8 Å². The molecule has 6 nitrogen and oxygen atoms in total. The maximum absolute atomic E-state index is 5.53. The first-order valence-corrected chi connectivity index (χ1v) is 6.76. The predicted molar refractivity (Wildman–Crippen MR) is 82.0 cm³/mol. The van der Waals surface area contributed by atoms with Crippen molar-refractivity contribution in [1.82, 2.24) is 14.6 Å². The van der Waals surface area contributed by atoms with Gasteiger partial charge in [-0.25, -0.2) is 4.98 Å². The highest BCUT2D eigenvalue weighted by Crippen LogP contribution is 2.22. The zero-order valence-corrected chi connectivity index (χ0v) is 11.8. The van der Waals surface area contributed by atoms with Crippen LogP contribution in [0.25, 0.3) is 5.65 Å². The molecule has 21 heavy (non-hydrogen) atoms. The Kier molecular flexibility index (Phi) is 3.70. The minimum absolute atomic E-state index is 0.495. The summed E-state index contributed by atoms with van der Waals surface area (Å²) in [6.07, 6.45) is 1.54. The van der Waals surface area contributed by atoms with Crippen molar-refractivity contribution in [3.63, 3.8) is 0 Å². The molecule has 0 unspecified atom stereocenters. The average molecular weight is 283 g/mol. The number of rotatable bonds is 5. The highest BCUT2D eigenvalue weighted by Gasteiger charge is 2.05. The number of nitrogens with zero attached hydrogens (tertiary/aromatic N) is 3. The zero-order chi connectivity index (χ0) is 14.7. The van der Waals surface area contributed by atoms with Gasteiger partial charge in [-0.2, -0.15) is 9.61 Å². The number of hydrogen-bond donors (Lipinski definition) is 2. The van der Waals surface area contributed by atoms with Gasteiger partial charge >= 0.3 is 0 Å². The first-order valence-electron chi connectivity index (χ1n) is 6.76. The summed E-state index contributed by atoms with van der Waals surface area (Å²) in [6.45, 7) is 3.02. The normalized spacial score (nSPS) is 10.8. The van der Waals surface area contributed by atoms with Gasteiger partial charge in [0.1, 0.15) is 24.5 Å². The van der Waals surface area contributed by atoms with Crippen LogP contribution in [0.3, 0.4) is 0 Å². The lowest BCUT2D eigenvalue weighted by Gasteiger charge is -2.11. The van der Waals surface area contributed by atoms with Crippen LogP contribution in [0.15, 0.2) is 42.7 Å². The van der Waals surface area contributed by atoms with Crippen LogP contribution in [0.1, 0.15) is 5.56 Å². The van der Waals surface area contributed by atoms with Crippen LogP contribution in [0.5, 0.6) is 5.75 Å². The Morgan fingerprint density at radius 2 is 2.19 bits per heavy atom. The summed E-state index contributed by atoms with van der Waals surface area (Å²) in [5.41, 5.74) is 8.30. The van der Waals surface area contributed by atoms with Gasteiger partial charge in [0.25, 0.3) is 0 Å². The van der Waals surface area contributed by atoms with E-state index in [4.69, 9.17) is 10.5 Å². The van der Waals surface area contributed by atoms with E-state index in [0.29, 0.717) is 13.2 Å². The van der Waals surface area contributed by atoms with Crippen LogP contribution in [0, 0.1) is 6.92 Å². The number of hydrogen-bond acceptors (Lipinski definition) is 5. The first kappa shape index (κ1) is 13.4. The maximum atomic E-state index is 5.53. The predicted octanol–water partition coefficient (Wildman–Crippen LogP) is 2.12. The molecule has 3 N–H and O–H groups in total. The smallest absolute Gasteiger partial charge is 0.157 e. The summed E-state index contributed by atoms with van der Waals surface area (Å²) in [5, 5.41) is 7.56. The van der Waals surface area contributed by atoms with Gasteiger partial charge in [0.05, 0.1) is 0 Å². The second-order valence-electron chi connectivity index (χ2n) is 4.74. The SMILES string of the molecule is Cc1cc(Nc2cccc(OCCN)c2)n2ncnc2c1. The molecule has 6 heteroatoms. The van der Waals surface area contributed by atoms with Crippen LogP contribution in [0.2, 0.25) is 0 Å². The third kappa shape index (κ3) is 2.95. The van der Waals surface area contributed by atoms with Gasteiger partial charge in [-0.1, -0.05) is 6.07 Å². The van der Waals surface area contributed by atoms with Crippen molar-refractivity contribution in [2.45, 2.75) is 6.92 Å². The van der Waals surface area contributed by atoms with E-state index in [-0.39, 0.29) is 0 Å². The molecule has 108 valence electrons. The highest BCUT2D eigenvalue weighted by molar-refractivity contribution is 5.62. The van der Waals surface area contributed by atoms with Crippen LogP contribution in [-0.4, -0.2) is 27.7 Å². The molecule has 0 atom stereocenters. The van der Waals surface area contributed by atoms with Gasteiger partial charge in [-0.05, 0) is 36.8 Å². The summed E-state index contributed by atoms with van der Waals surface area (Å²) in [4.78, 5) is 4.21. The summed E-state index contributed by atoms with van der Waals surface area (Å²) < 4.78 is 7.29. The molecule has 3 aromatic rings. The number of ether oxygens (including phenoxy) is 1. The number of nitrogens with one attached hydrogen (secondary N) is 1. The van der Waals surface area contributed by atoms with Gasteiger partial charge < -0.3 is 15.8 Å². The first-order chi connectivity index (χ1) is 10.3. The van der Waals surface area contributed by atoms with Gasteiger partial charge in [0.15, 0.2) is 5.65 Å². The molecule has 2 aromatic heterocycles. The van der Waals surface area contributed by atoms with Crippen molar-refractivity contribution in [3.05, 3.63) is 48.3 Å².